The number of ketones is 1. The van der Waals surface area contributed by atoms with Gasteiger partial charge in [-0.15, -0.1) is 0 Å². The van der Waals surface area contributed by atoms with Gasteiger partial charge in [-0.1, -0.05) is 6.92 Å². The van der Waals surface area contributed by atoms with Gasteiger partial charge in [0.25, 0.3) is 0 Å². The highest BCUT2D eigenvalue weighted by molar-refractivity contribution is 5.99. The van der Waals surface area contributed by atoms with E-state index in [9.17, 15) is 9.90 Å². The van der Waals surface area contributed by atoms with Crippen LogP contribution in [0.15, 0.2) is 18.2 Å². The molecular formula is C13H20N2O2. The number of hydrogen-bond donors (Lipinski definition) is 3. The van der Waals surface area contributed by atoms with Crippen molar-refractivity contribution in [2.45, 2.75) is 32.8 Å². The number of carbonyl (C=O) groups excluding carboxylic acids is 1. The SMILES string of the molecule is CCC(O)CCNc1ccc(N)c(C(C)=O)c1. The fraction of sp³-hybridized carbons (Fsp3) is 0.462. The molecular weight excluding hydrogens is 216 g/mol. The Bertz CT molecular complexity index is 391. The molecule has 0 aliphatic rings. The number of nitrogens with one attached hydrogen (secondary N) is 1. The number of aliphatic hydroxyl groups excluding tert-OH is 1. The van der Waals surface area contributed by atoms with Crippen LogP contribution in [0.1, 0.15) is 37.0 Å². The molecule has 0 saturated heterocycles. The molecule has 0 bridgehead atoms. The van der Waals surface area contributed by atoms with Gasteiger partial charge in [0.1, 0.15) is 0 Å². The van der Waals surface area contributed by atoms with Crippen LogP contribution in [-0.2, 0) is 0 Å². The third-order valence-electron chi connectivity index (χ3n) is 2.71. The number of Topliss-reactive ketones (excluding diaryl/α,β-unsaturated/α-hetero) is 1. The molecule has 17 heavy (non-hydrogen) atoms. The number of anilines is 2. The predicted octanol–water partition coefficient (Wildman–Crippen LogP) is 2.04. The Morgan fingerprint density at radius 2 is 2.24 bits per heavy atom. The molecule has 1 aromatic carbocycles. The summed E-state index contributed by atoms with van der Waals surface area (Å²) < 4.78 is 0. The Hall–Kier alpha value is -1.55. The summed E-state index contributed by atoms with van der Waals surface area (Å²) in [5, 5.41) is 12.6. The maximum atomic E-state index is 11.3. The minimum Gasteiger partial charge on any atom is -0.398 e. The number of nitrogens with two attached hydrogens (primary N) is 1. The summed E-state index contributed by atoms with van der Waals surface area (Å²) in [4.78, 5) is 11.3. The second-order valence-corrected chi connectivity index (χ2v) is 4.14. The first-order chi connectivity index (χ1) is 8.04. The molecule has 0 saturated carbocycles. The summed E-state index contributed by atoms with van der Waals surface area (Å²) >= 11 is 0. The molecule has 4 nitrogen and oxygen atoms in total. The standard InChI is InChI=1S/C13H20N2O2/c1-3-11(17)6-7-15-10-4-5-13(14)12(8-10)9(2)16/h4-5,8,11,15,17H,3,6-7,14H2,1-2H3. The predicted molar refractivity (Wildman–Crippen MR) is 70.3 cm³/mol. The zero-order valence-electron chi connectivity index (χ0n) is 10.4. The summed E-state index contributed by atoms with van der Waals surface area (Å²) in [5.74, 6) is -0.0419. The Morgan fingerprint density at radius 3 is 2.82 bits per heavy atom. The van der Waals surface area contributed by atoms with Crippen LogP contribution in [0.5, 0.6) is 0 Å². The maximum Gasteiger partial charge on any atom is 0.161 e. The number of carbonyl (C=O) groups is 1. The van der Waals surface area contributed by atoms with Crippen molar-refractivity contribution in [2.24, 2.45) is 0 Å². The molecule has 1 aromatic rings. The lowest BCUT2D eigenvalue weighted by Crippen LogP contribution is -2.12. The van der Waals surface area contributed by atoms with Crippen molar-refractivity contribution < 1.29 is 9.90 Å². The average Bonchev–Trinajstić information content (AvgIpc) is 2.30. The average molecular weight is 236 g/mol. The van der Waals surface area contributed by atoms with Gasteiger partial charge in [0.2, 0.25) is 0 Å². The zero-order chi connectivity index (χ0) is 12.8. The van der Waals surface area contributed by atoms with Crippen molar-refractivity contribution in [3.63, 3.8) is 0 Å². The number of benzene rings is 1. The third kappa shape index (κ3) is 4.07. The Morgan fingerprint density at radius 1 is 1.53 bits per heavy atom. The quantitative estimate of drug-likeness (QED) is 0.522. The fourth-order valence-corrected chi connectivity index (χ4v) is 1.56. The van der Waals surface area contributed by atoms with Crippen molar-refractivity contribution in [3.05, 3.63) is 23.8 Å². The van der Waals surface area contributed by atoms with Gasteiger partial charge in [-0.3, -0.25) is 4.79 Å². The molecule has 1 atom stereocenters. The lowest BCUT2D eigenvalue weighted by atomic mass is 10.1. The third-order valence-corrected chi connectivity index (χ3v) is 2.71. The van der Waals surface area contributed by atoms with Crippen LogP contribution >= 0.6 is 0 Å². The highest BCUT2D eigenvalue weighted by Gasteiger charge is 2.06. The van der Waals surface area contributed by atoms with Crippen LogP contribution in [0, 0.1) is 0 Å². The van der Waals surface area contributed by atoms with Crippen molar-refractivity contribution in [1.82, 2.24) is 0 Å². The van der Waals surface area contributed by atoms with E-state index < -0.39 is 0 Å². The van der Waals surface area contributed by atoms with E-state index in [2.05, 4.69) is 5.32 Å². The molecule has 0 radical (unpaired) electrons. The van der Waals surface area contributed by atoms with E-state index in [4.69, 9.17) is 5.73 Å². The van der Waals surface area contributed by atoms with E-state index in [1.54, 1.807) is 12.1 Å². The van der Waals surface area contributed by atoms with Crippen LogP contribution in [0.2, 0.25) is 0 Å². The molecule has 4 N–H and O–H groups in total. The van der Waals surface area contributed by atoms with Crippen molar-refractivity contribution in [2.75, 3.05) is 17.6 Å². The molecule has 0 fully saturated rings. The fourth-order valence-electron chi connectivity index (χ4n) is 1.56. The molecule has 4 heteroatoms. The second-order valence-electron chi connectivity index (χ2n) is 4.14. The van der Waals surface area contributed by atoms with Crippen molar-refractivity contribution in [1.29, 1.82) is 0 Å². The molecule has 0 spiro atoms. The van der Waals surface area contributed by atoms with Gasteiger partial charge >= 0.3 is 0 Å². The van der Waals surface area contributed by atoms with E-state index in [-0.39, 0.29) is 11.9 Å². The number of aliphatic hydroxyl groups is 1. The molecule has 0 aliphatic carbocycles. The number of nitrogen functional groups attached to an aromatic ring is 1. The molecule has 1 rings (SSSR count). The summed E-state index contributed by atoms with van der Waals surface area (Å²) in [5.41, 5.74) is 7.58. The van der Waals surface area contributed by atoms with Gasteiger partial charge in [0, 0.05) is 23.5 Å². The maximum absolute atomic E-state index is 11.3. The molecule has 94 valence electrons. The zero-order valence-corrected chi connectivity index (χ0v) is 10.4. The van der Waals surface area contributed by atoms with Crippen LogP contribution in [-0.4, -0.2) is 23.5 Å². The minimum absolute atomic E-state index is 0.0419. The smallest absolute Gasteiger partial charge is 0.161 e. The number of rotatable bonds is 6. The van der Waals surface area contributed by atoms with Crippen LogP contribution in [0.3, 0.4) is 0 Å². The second kappa shape index (κ2) is 6.25. The van der Waals surface area contributed by atoms with Gasteiger partial charge < -0.3 is 16.2 Å². The van der Waals surface area contributed by atoms with E-state index in [1.165, 1.54) is 6.92 Å². The normalized spacial score (nSPS) is 12.2. The number of hydrogen-bond acceptors (Lipinski definition) is 4. The van der Waals surface area contributed by atoms with Gasteiger partial charge in [-0.25, -0.2) is 0 Å². The minimum atomic E-state index is -0.274. The first-order valence-corrected chi connectivity index (χ1v) is 5.87. The van der Waals surface area contributed by atoms with E-state index in [0.717, 1.165) is 12.1 Å². The molecule has 0 amide bonds. The summed E-state index contributed by atoms with van der Waals surface area (Å²) in [7, 11) is 0. The topological polar surface area (TPSA) is 75.3 Å². The van der Waals surface area contributed by atoms with Crippen LogP contribution in [0.25, 0.3) is 0 Å². The first kappa shape index (κ1) is 13.5. The van der Waals surface area contributed by atoms with Gasteiger partial charge in [0.05, 0.1) is 6.10 Å². The Labute approximate surface area is 102 Å². The van der Waals surface area contributed by atoms with E-state index in [1.807, 2.05) is 13.0 Å². The molecule has 0 aromatic heterocycles. The van der Waals surface area contributed by atoms with Crippen LogP contribution in [0.4, 0.5) is 11.4 Å². The lowest BCUT2D eigenvalue weighted by Gasteiger charge is -2.11. The van der Waals surface area contributed by atoms with Gasteiger partial charge in [-0.05, 0) is 38.0 Å². The summed E-state index contributed by atoms with van der Waals surface area (Å²) in [6.45, 7) is 4.12. The van der Waals surface area contributed by atoms with E-state index >= 15 is 0 Å². The monoisotopic (exact) mass is 236 g/mol. The Kier molecular flexibility index (Phi) is 4.97. The highest BCUT2D eigenvalue weighted by atomic mass is 16.3. The van der Waals surface area contributed by atoms with Gasteiger partial charge in [0.15, 0.2) is 5.78 Å². The largest absolute Gasteiger partial charge is 0.398 e. The van der Waals surface area contributed by atoms with Crippen LogP contribution < -0.4 is 11.1 Å². The Balaban J connectivity index is 2.60. The summed E-state index contributed by atoms with van der Waals surface area (Å²) in [6.07, 6.45) is 1.17. The van der Waals surface area contributed by atoms with Crippen molar-refractivity contribution in [3.8, 4) is 0 Å². The molecule has 0 heterocycles. The summed E-state index contributed by atoms with van der Waals surface area (Å²) in [6, 6.07) is 5.30. The van der Waals surface area contributed by atoms with Gasteiger partial charge in [-0.2, -0.15) is 0 Å². The molecule has 0 aliphatic heterocycles. The molecule has 1 unspecified atom stereocenters. The first-order valence-electron chi connectivity index (χ1n) is 5.87. The van der Waals surface area contributed by atoms with E-state index in [0.29, 0.717) is 24.2 Å². The lowest BCUT2D eigenvalue weighted by molar-refractivity contribution is 0.101. The highest BCUT2D eigenvalue weighted by Crippen LogP contribution is 2.18. The van der Waals surface area contributed by atoms with Crippen molar-refractivity contribution >= 4 is 17.2 Å².